The Morgan fingerprint density at radius 3 is 2.52 bits per heavy atom. The second kappa shape index (κ2) is 4.85. The Labute approximate surface area is 133 Å². The van der Waals surface area contributed by atoms with Crippen LogP contribution in [0.1, 0.15) is 29.2 Å². The van der Waals surface area contributed by atoms with Crippen LogP contribution in [-0.4, -0.2) is 12.6 Å². The van der Waals surface area contributed by atoms with Crippen LogP contribution in [0.5, 0.6) is 5.75 Å². The van der Waals surface area contributed by atoms with Gasteiger partial charge in [-0.25, -0.2) is 0 Å². The standard InChI is InChI=1S/C18H18BrNO/c1-20-16-11-18(9-12-4-2-3-5-13(12)10-18)21-17-7-6-14(19)8-15(16)17/h2-8,16,20H,9-11H2,1H3. The molecule has 2 aromatic carbocycles. The predicted octanol–water partition coefficient (Wildman–Crippen LogP) is 4.03. The molecular weight excluding hydrogens is 326 g/mol. The van der Waals surface area contributed by atoms with Crippen LogP contribution < -0.4 is 10.1 Å². The van der Waals surface area contributed by atoms with Crippen molar-refractivity contribution in [3.8, 4) is 5.75 Å². The number of hydrogen-bond acceptors (Lipinski definition) is 2. The fourth-order valence-electron chi connectivity index (χ4n) is 3.77. The average molecular weight is 344 g/mol. The lowest BCUT2D eigenvalue weighted by Crippen LogP contribution is -2.44. The van der Waals surface area contributed by atoms with E-state index in [1.807, 2.05) is 7.05 Å². The van der Waals surface area contributed by atoms with E-state index < -0.39 is 0 Å². The van der Waals surface area contributed by atoms with Crippen molar-refractivity contribution in [1.29, 1.82) is 0 Å². The molecule has 1 aliphatic heterocycles. The van der Waals surface area contributed by atoms with E-state index in [1.54, 1.807) is 0 Å². The van der Waals surface area contributed by atoms with Crippen LogP contribution in [0.2, 0.25) is 0 Å². The summed E-state index contributed by atoms with van der Waals surface area (Å²) in [6.07, 6.45) is 3.04. The number of ether oxygens (including phenoxy) is 1. The minimum atomic E-state index is -0.0851. The molecule has 1 spiro atoms. The molecule has 2 nitrogen and oxygen atoms in total. The highest BCUT2D eigenvalue weighted by molar-refractivity contribution is 9.10. The van der Waals surface area contributed by atoms with Gasteiger partial charge in [-0.2, -0.15) is 0 Å². The molecule has 1 unspecified atom stereocenters. The summed E-state index contributed by atoms with van der Waals surface area (Å²) in [5, 5.41) is 3.46. The summed E-state index contributed by atoms with van der Waals surface area (Å²) in [4.78, 5) is 0. The largest absolute Gasteiger partial charge is 0.486 e. The molecule has 0 amide bonds. The fourth-order valence-corrected chi connectivity index (χ4v) is 4.15. The molecule has 21 heavy (non-hydrogen) atoms. The highest BCUT2D eigenvalue weighted by atomic mass is 79.9. The Hall–Kier alpha value is -1.32. The van der Waals surface area contributed by atoms with Gasteiger partial charge in [-0.15, -0.1) is 0 Å². The number of nitrogens with one attached hydrogen (secondary N) is 1. The maximum absolute atomic E-state index is 6.49. The minimum Gasteiger partial charge on any atom is -0.486 e. The van der Waals surface area contributed by atoms with Gasteiger partial charge in [-0.05, 0) is 36.4 Å². The Morgan fingerprint density at radius 2 is 1.86 bits per heavy atom. The molecule has 1 heterocycles. The van der Waals surface area contributed by atoms with Crippen LogP contribution in [0, 0.1) is 0 Å². The SMILES string of the molecule is CNC1CC2(Cc3ccccc3C2)Oc2ccc(Br)cc21. The third-order valence-electron chi connectivity index (χ3n) is 4.74. The third-order valence-corrected chi connectivity index (χ3v) is 5.24. The van der Waals surface area contributed by atoms with Crippen molar-refractivity contribution in [2.75, 3.05) is 7.05 Å². The van der Waals surface area contributed by atoms with Gasteiger partial charge in [0.2, 0.25) is 0 Å². The number of rotatable bonds is 1. The summed E-state index contributed by atoms with van der Waals surface area (Å²) in [5.41, 5.74) is 4.05. The van der Waals surface area contributed by atoms with Crippen LogP contribution in [0.15, 0.2) is 46.9 Å². The monoisotopic (exact) mass is 343 g/mol. The average Bonchev–Trinajstić information content (AvgIpc) is 2.84. The molecule has 0 saturated heterocycles. The summed E-state index contributed by atoms with van der Waals surface area (Å²) in [7, 11) is 2.04. The van der Waals surface area contributed by atoms with Crippen molar-refractivity contribution in [2.45, 2.75) is 30.9 Å². The van der Waals surface area contributed by atoms with Gasteiger partial charge in [0.15, 0.2) is 0 Å². The number of benzene rings is 2. The molecule has 2 aromatic rings. The van der Waals surface area contributed by atoms with Gasteiger partial charge in [0.1, 0.15) is 11.4 Å². The molecule has 1 N–H and O–H groups in total. The Kier molecular flexibility index (Phi) is 3.09. The Balaban J connectivity index is 1.73. The van der Waals surface area contributed by atoms with Crippen molar-refractivity contribution in [1.82, 2.24) is 5.32 Å². The summed E-state index contributed by atoms with van der Waals surface area (Å²) >= 11 is 3.56. The lowest BCUT2D eigenvalue weighted by molar-refractivity contribution is 0.0412. The zero-order valence-electron chi connectivity index (χ0n) is 12.0. The van der Waals surface area contributed by atoms with E-state index in [1.165, 1.54) is 16.7 Å². The van der Waals surface area contributed by atoms with Crippen LogP contribution in [-0.2, 0) is 12.8 Å². The molecule has 0 fully saturated rings. The second-order valence-corrected chi connectivity index (χ2v) is 7.05. The van der Waals surface area contributed by atoms with Gasteiger partial charge >= 0.3 is 0 Å². The number of halogens is 1. The van der Waals surface area contributed by atoms with E-state index in [0.717, 1.165) is 29.5 Å². The third kappa shape index (κ3) is 2.19. The molecule has 1 atom stereocenters. The highest BCUT2D eigenvalue weighted by Gasteiger charge is 2.44. The van der Waals surface area contributed by atoms with Crippen molar-refractivity contribution in [2.24, 2.45) is 0 Å². The van der Waals surface area contributed by atoms with E-state index in [9.17, 15) is 0 Å². The zero-order chi connectivity index (χ0) is 14.4. The van der Waals surface area contributed by atoms with Crippen molar-refractivity contribution >= 4 is 15.9 Å². The maximum Gasteiger partial charge on any atom is 0.125 e. The quantitative estimate of drug-likeness (QED) is 0.843. The van der Waals surface area contributed by atoms with Gasteiger partial charge in [0.05, 0.1) is 0 Å². The van der Waals surface area contributed by atoms with Crippen LogP contribution in [0.25, 0.3) is 0 Å². The highest BCUT2D eigenvalue weighted by Crippen LogP contribution is 2.46. The molecule has 108 valence electrons. The van der Waals surface area contributed by atoms with Crippen LogP contribution in [0.4, 0.5) is 0 Å². The Bertz CT molecular complexity index is 672. The molecule has 0 saturated carbocycles. The van der Waals surface area contributed by atoms with E-state index >= 15 is 0 Å². The van der Waals surface area contributed by atoms with E-state index in [-0.39, 0.29) is 5.60 Å². The molecule has 0 bridgehead atoms. The molecule has 0 radical (unpaired) electrons. The van der Waals surface area contributed by atoms with Crippen LogP contribution in [0.3, 0.4) is 0 Å². The topological polar surface area (TPSA) is 21.3 Å². The summed E-state index contributed by atoms with van der Waals surface area (Å²) in [6.45, 7) is 0. The first kappa shape index (κ1) is 13.4. The van der Waals surface area contributed by atoms with Gasteiger partial charge in [-0.1, -0.05) is 40.2 Å². The minimum absolute atomic E-state index is 0.0851. The van der Waals surface area contributed by atoms with E-state index in [4.69, 9.17) is 4.74 Å². The molecule has 3 heteroatoms. The van der Waals surface area contributed by atoms with Gasteiger partial charge in [-0.3, -0.25) is 0 Å². The maximum atomic E-state index is 6.49. The Morgan fingerprint density at radius 1 is 1.14 bits per heavy atom. The van der Waals surface area contributed by atoms with Crippen molar-refractivity contribution in [3.05, 3.63) is 63.6 Å². The number of hydrogen-bond donors (Lipinski definition) is 1. The van der Waals surface area contributed by atoms with E-state index in [2.05, 4.69) is 63.7 Å². The van der Waals surface area contributed by atoms with Crippen molar-refractivity contribution < 1.29 is 4.74 Å². The summed E-state index contributed by atoms with van der Waals surface area (Å²) < 4.78 is 7.60. The zero-order valence-corrected chi connectivity index (χ0v) is 13.6. The first-order chi connectivity index (χ1) is 10.2. The summed E-state index contributed by atoms with van der Waals surface area (Å²) in [5.74, 6) is 1.02. The van der Waals surface area contributed by atoms with Gasteiger partial charge in [0.25, 0.3) is 0 Å². The molecule has 0 aromatic heterocycles. The van der Waals surface area contributed by atoms with Gasteiger partial charge < -0.3 is 10.1 Å². The normalized spacial score (nSPS) is 21.7. The first-order valence-electron chi connectivity index (χ1n) is 7.42. The predicted molar refractivity (Wildman–Crippen MR) is 87.8 cm³/mol. The fraction of sp³-hybridized carbons (Fsp3) is 0.333. The molecule has 1 aliphatic carbocycles. The van der Waals surface area contributed by atoms with E-state index in [0.29, 0.717) is 6.04 Å². The van der Waals surface area contributed by atoms with Gasteiger partial charge in [0, 0.05) is 35.3 Å². The number of fused-ring (bicyclic) bond motifs is 2. The molecular formula is C18H18BrNO. The lowest BCUT2D eigenvalue weighted by atomic mass is 9.85. The smallest absolute Gasteiger partial charge is 0.125 e. The molecule has 4 rings (SSSR count). The van der Waals surface area contributed by atoms with Crippen LogP contribution >= 0.6 is 15.9 Å². The van der Waals surface area contributed by atoms with Crippen molar-refractivity contribution in [3.63, 3.8) is 0 Å². The lowest BCUT2D eigenvalue weighted by Gasteiger charge is -2.40. The second-order valence-electron chi connectivity index (χ2n) is 6.13. The first-order valence-corrected chi connectivity index (χ1v) is 8.21. The molecule has 2 aliphatic rings. The summed E-state index contributed by atoms with van der Waals surface area (Å²) in [6, 6.07) is 15.4.